The molecule has 0 aliphatic heterocycles. The summed E-state index contributed by atoms with van der Waals surface area (Å²) in [5.41, 5.74) is 7.35. The van der Waals surface area contributed by atoms with Crippen molar-refractivity contribution in [3.8, 4) is 0 Å². The van der Waals surface area contributed by atoms with Gasteiger partial charge in [-0.3, -0.25) is 4.79 Å². The molecule has 0 saturated heterocycles. The molecule has 0 aromatic heterocycles. The minimum atomic E-state index is -0.501. The summed E-state index contributed by atoms with van der Waals surface area (Å²) in [5, 5.41) is -0.501. The standard InChI is InChI=1S/C13H19ClN2O/c1-3-16(4-2)13(17)12(14)9-10-5-7-11(15)8-6-10/h5-8,12H,3-4,9,15H2,1-2H3. The summed E-state index contributed by atoms with van der Waals surface area (Å²) in [6, 6.07) is 7.45. The van der Waals surface area contributed by atoms with E-state index in [0.29, 0.717) is 19.5 Å². The van der Waals surface area contributed by atoms with E-state index in [1.165, 1.54) is 0 Å². The minimum Gasteiger partial charge on any atom is -0.399 e. The number of hydrogen-bond acceptors (Lipinski definition) is 2. The predicted octanol–water partition coefficient (Wildman–Crippen LogP) is 2.29. The molecule has 0 radical (unpaired) electrons. The Morgan fingerprint density at radius 1 is 1.29 bits per heavy atom. The van der Waals surface area contributed by atoms with Crippen molar-refractivity contribution in [3.05, 3.63) is 29.8 Å². The zero-order valence-electron chi connectivity index (χ0n) is 10.3. The Labute approximate surface area is 108 Å². The number of halogens is 1. The fraction of sp³-hybridized carbons (Fsp3) is 0.462. The van der Waals surface area contributed by atoms with Crippen LogP contribution in [0, 0.1) is 0 Å². The predicted molar refractivity (Wildman–Crippen MR) is 72.1 cm³/mol. The molecular weight excluding hydrogens is 236 g/mol. The Morgan fingerprint density at radius 2 is 1.82 bits per heavy atom. The molecule has 1 unspecified atom stereocenters. The van der Waals surface area contributed by atoms with Crippen LogP contribution < -0.4 is 5.73 Å². The van der Waals surface area contributed by atoms with Crippen molar-refractivity contribution < 1.29 is 4.79 Å². The van der Waals surface area contributed by atoms with Crippen LogP contribution in [0.2, 0.25) is 0 Å². The quantitative estimate of drug-likeness (QED) is 0.647. The van der Waals surface area contributed by atoms with Gasteiger partial charge in [0.1, 0.15) is 5.38 Å². The molecule has 17 heavy (non-hydrogen) atoms. The van der Waals surface area contributed by atoms with Crippen molar-refractivity contribution in [2.45, 2.75) is 25.6 Å². The molecule has 0 bridgehead atoms. The molecule has 1 rings (SSSR count). The zero-order valence-corrected chi connectivity index (χ0v) is 11.1. The molecule has 1 atom stereocenters. The lowest BCUT2D eigenvalue weighted by Gasteiger charge is -2.21. The summed E-state index contributed by atoms with van der Waals surface area (Å²) in [6.07, 6.45) is 0.539. The lowest BCUT2D eigenvalue weighted by molar-refractivity contribution is -0.130. The van der Waals surface area contributed by atoms with E-state index < -0.39 is 5.38 Å². The molecular formula is C13H19ClN2O. The van der Waals surface area contributed by atoms with Crippen LogP contribution in [0.5, 0.6) is 0 Å². The number of nitrogens with zero attached hydrogens (tertiary/aromatic N) is 1. The Kier molecular flexibility index (Phi) is 5.29. The number of amides is 1. The van der Waals surface area contributed by atoms with E-state index in [0.717, 1.165) is 11.3 Å². The normalized spacial score (nSPS) is 12.2. The molecule has 0 aliphatic rings. The molecule has 0 heterocycles. The first kappa shape index (κ1) is 13.8. The third-order valence-electron chi connectivity index (χ3n) is 2.74. The molecule has 1 aromatic carbocycles. The van der Waals surface area contributed by atoms with Gasteiger partial charge in [-0.05, 0) is 38.0 Å². The number of nitrogen functional groups attached to an aromatic ring is 1. The van der Waals surface area contributed by atoms with Crippen LogP contribution in [-0.2, 0) is 11.2 Å². The average molecular weight is 255 g/mol. The number of nitrogens with two attached hydrogens (primary N) is 1. The average Bonchev–Trinajstić information content (AvgIpc) is 2.33. The van der Waals surface area contributed by atoms with Gasteiger partial charge in [0.2, 0.25) is 5.91 Å². The number of carbonyl (C=O) groups is 1. The maximum absolute atomic E-state index is 11.9. The van der Waals surface area contributed by atoms with Crippen LogP contribution in [0.3, 0.4) is 0 Å². The van der Waals surface area contributed by atoms with E-state index >= 15 is 0 Å². The second-order valence-corrected chi connectivity index (χ2v) is 4.45. The van der Waals surface area contributed by atoms with Crippen molar-refractivity contribution in [1.29, 1.82) is 0 Å². The van der Waals surface area contributed by atoms with Gasteiger partial charge in [0.15, 0.2) is 0 Å². The first-order valence-electron chi connectivity index (χ1n) is 5.85. The van der Waals surface area contributed by atoms with Crippen molar-refractivity contribution in [1.82, 2.24) is 4.90 Å². The summed E-state index contributed by atoms with van der Waals surface area (Å²) in [6.45, 7) is 5.29. The van der Waals surface area contributed by atoms with Crippen LogP contribution in [0.1, 0.15) is 19.4 Å². The first-order valence-corrected chi connectivity index (χ1v) is 6.29. The largest absolute Gasteiger partial charge is 0.399 e. The van der Waals surface area contributed by atoms with Gasteiger partial charge >= 0.3 is 0 Å². The summed E-state index contributed by atoms with van der Waals surface area (Å²) < 4.78 is 0. The van der Waals surface area contributed by atoms with Crippen molar-refractivity contribution in [2.75, 3.05) is 18.8 Å². The maximum Gasteiger partial charge on any atom is 0.240 e. The molecule has 2 N–H and O–H groups in total. The molecule has 0 spiro atoms. The second-order valence-electron chi connectivity index (χ2n) is 3.92. The van der Waals surface area contributed by atoms with Gasteiger partial charge in [0.05, 0.1) is 0 Å². The first-order chi connectivity index (χ1) is 8.08. The molecule has 0 fully saturated rings. The Balaban J connectivity index is 2.62. The highest BCUT2D eigenvalue weighted by Crippen LogP contribution is 2.13. The third-order valence-corrected chi connectivity index (χ3v) is 3.08. The van der Waals surface area contributed by atoms with Gasteiger partial charge in [-0.2, -0.15) is 0 Å². The van der Waals surface area contributed by atoms with Gasteiger partial charge in [-0.25, -0.2) is 0 Å². The number of anilines is 1. The highest BCUT2D eigenvalue weighted by atomic mass is 35.5. The Morgan fingerprint density at radius 3 is 2.29 bits per heavy atom. The number of alkyl halides is 1. The van der Waals surface area contributed by atoms with Crippen molar-refractivity contribution in [3.63, 3.8) is 0 Å². The van der Waals surface area contributed by atoms with Crippen LogP contribution in [0.25, 0.3) is 0 Å². The highest BCUT2D eigenvalue weighted by Gasteiger charge is 2.20. The van der Waals surface area contributed by atoms with Crippen LogP contribution in [-0.4, -0.2) is 29.3 Å². The van der Waals surface area contributed by atoms with E-state index in [4.69, 9.17) is 17.3 Å². The van der Waals surface area contributed by atoms with Crippen molar-refractivity contribution >= 4 is 23.2 Å². The Hall–Kier alpha value is -1.22. The van der Waals surface area contributed by atoms with E-state index in [-0.39, 0.29) is 5.91 Å². The Bertz CT molecular complexity index is 360. The van der Waals surface area contributed by atoms with Gasteiger partial charge in [0, 0.05) is 18.8 Å². The maximum atomic E-state index is 11.9. The smallest absolute Gasteiger partial charge is 0.240 e. The number of carbonyl (C=O) groups excluding carboxylic acids is 1. The lowest BCUT2D eigenvalue weighted by atomic mass is 10.1. The summed E-state index contributed by atoms with van der Waals surface area (Å²) in [5.74, 6) is -0.00603. The summed E-state index contributed by atoms with van der Waals surface area (Å²) >= 11 is 6.14. The third kappa shape index (κ3) is 3.93. The van der Waals surface area contributed by atoms with Crippen LogP contribution >= 0.6 is 11.6 Å². The zero-order chi connectivity index (χ0) is 12.8. The van der Waals surface area contributed by atoms with Gasteiger partial charge in [-0.15, -0.1) is 11.6 Å². The minimum absolute atomic E-state index is 0.00603. The molecule has 4 heteroatoms. The number of rotatable bonds is 5. The number of hydrogen-bond donors (Lipinski definition) is 1. The molecule has 3 nitrogen and oxygen atoms in total. The van der Waals surface area contributed by atoms with Crippen molar-refractivity contribution in [2.24, 2.45) is 0 Å². The second kappa shape index (κ2) is 6.50. The highest BCUT2D eigenvalue weighted by molar-refractivity contribution is 6.30. The summed E-state index contributed by atoms with van der Waals surface area (Å²) in [7, 11) is 0. The molecule has 94 valence electrons. The fourth-order valence-corrected chi connectivity index (χ4v) is 2.00. The fourth-order valence-electron chi connectivity index (χ4n) is 1.68. The van der Waals surface area contributed by atoms with E-state index in [1.807, 2.05) is 38.1 Å². The SMILES string of the molecule is CCN(CC)C(=O)C(Cl)Cc1ccc(N)cc1. The monoisotopic (exact) mass is 254 g/mol. The summed E-state index contributed by atoms with van der Waals surface area (Å²) in [4.78, 5) is 13.7. The lowest BCUT2D eigenvalue weighted by Crippen LogP contribution is -2.37. The van der Waals surface area contributed by atoms with Gasteiger partial charge in [-0.1, -0.05) is 12.1 Å². The molecule has 1 amide bonds. The van der Waals surface area contributed by atoms with Gasteiger partial charge < -0.3 is 10.6 Å². The van der Waals surface area contributed by atoms with E-state index in [2.05, 4.69) is 0 Å². The molecule has 1 aromatic rings. The van der Waals surface area contributed by atoms with E-state index in [1.54, 1.807) is 4.90 Å². The van der Waals surface area contributed by atoms with E-state index in [9.17, 15) is 4.79 Å². The molecule has 0 saturated carbocycles. The van der Waals surface area contributed by atoms with Crippen LogP contribution in [0.4, 0.5) is 5.69 Å². The van der Waals surface area contributed by atoms with Gasteiger partial charge in [0.25, 0.3) is 0 Å². The number of benzene rings is 1. The topological polar surface area (TPSA) is 46.3 Å². The molecule has 0 aliphatic carbocycles. The van der Waals surface area contributed by atoms with Crippen LogP contribution in [0.15, 0.2) is 24.3 Å².